The Hall–Kier alpha value is -3.82. The van der Waals surface area contributed by atoms with Gasteiger partial charge in [0.15, 0.2) is 5.17 Å². The zero-order chi connectivity index (χ0) is 23.9. The molecular weight excluding hydrogens is 442 g/mol. The highest BCUT2D eigenvalue weighted by Crippen LogP contribution is 2.39. The topological polar surface area (TPSA) is 65.7 Å². The van der Waals surface area contributed by atoms with Gasteiger partial charge in [-0.05, 0) is 49.2 Å². The number of carbonyl (C=O) groups is 1. The van der Waals surface area contributed by atoms with Gasteiger partial charge in [-0.25, -0.2) is 9.79 Å². The summed E-state index contributed by atoms with van der Waals surface area (Å²) in [4.78, 5) is 20.2. The molecule has 3 aromatic carbocycles. The molecule has 0 N–H and O–H groups in total. The van der Waals surface area contributed by atoms with Crippen LogP contribution in [-0.2, 0) is 15.3 Å². The van der Waals surface area contributed by atoms with Gasteiger partial charge in [-0.3, -0.25) is 4.90 Å². The molecule has 34 heavy (non-hydrogen) atoms. The number of aliphatic imine (C=N–C) groups is 1. The number of nitrogens with zero attached hydrogens (tertiary/aromatic N) is 3. The van der Waals surface area contributed by atoms with Gasteiger partial charge in [0, 0.05) is 17.1 Å². The number of ether oxygens (including phenoxy) is 1. The predicted molar refractivity (Wildman–Crippen MR) is 137 cm³/mol. The molecule has 0 aromatic heterocycles. The van der Waals surface area contributed by atoms with Crippen LogP contribution in [0.3, 0.4) is 0 Å². The number of allylic oxidation sites excluding steroid dienone is 1. The third kappa shape index (κ3) is 5.05. The molecule has 1 atom stereocenters. The maximum Gasteiger partial charge on any atom is 0.338 e. The fraction of sp³-hybridized carbons (Fsp3) is 0.179. The summed E-state index contributed by atoms with van der Waals surface area (Å²) in [6.07, 6.45) is 0. The lowest BCUT2D eigenvalue weighted by Gasteiger charge is -2.34. The van der Waals surface area contributed by atoms with E-state index in [1.807, 2.05) is 104 Å². The Morgan fingerprint density at radius 3 is 2.29 bits per heavy atom. The van der Waals surface area contributed by atoms with Gasteiger partial charge < -0.3 is 4.74 Å². The van der Waals surface area contributed by atoms with Crippen LogP contribution in [0.5, 0.6) is 0 Å². The average Bonchev–Trinajstić information content (AvgIpc) is 2.88. The number of thioether (sulfide) groups is 1. The highest BCUT2D eigenvalue weighted by molar-refractivity contribution is 8.13. The molecule has 0 spiro atoms. The Kier molecular flexibility index (Phi) is 7.46. The van der Waals surface area contributed by atoms with E-state index in [-0.39, 0.29) is 5.97 Å². The number of carbonyl (C=O) groups excluding carboxylic acids is 1. The van der Waals surface area contributed by atoms with Crippen molar-refractivity contribution in [3.05, 3.63) is 113 Å². The number of nitriles is 1. The molecular formula is C28H25N3O2S. The fourth-order valence-electron chi connectivity index (χ4n) is 3.85. The molecule has 0 saturated heterocycles. The number of hydrogen-bond donors (Lipinski definition) is 0. The lowest BCUT2D eigenvalue weighted by atomic mass is 9.96. The molecule has 0 radical (unpaired) electrons. The summed E-state index contributed by atoms with van der Waals surface area (Å²) >= 11 is 1.60. The van der Waals surface area contributed by atoms with Crippen molar-refractivity contribution in [3.63, 3.8) is 0 Å². The smallest absolute Gasteiger partial charge is 0.338 e. The summed E-state index contributed by atoms with van der Waals surface area (Å²) in [6.45, 7) is 4.06. The van der Waals surface area contributed by atoms with Crippen LogP contribution in [0.2, 0.25) is 0 Å². The van der Waals surface area contributed by atoms with Crippen molar-refractivity contribution < 1.29 is 9.53 Å². The molecule has 0 saturated carbocycles. The number of benzene rings is 3. The van der Waals surface area contributed by atoms with Crippen molar-refractivity contribution in [2.45, 2.75) is 25.6 Å². The SMILES string of the molecule is CCOC(=O)C1=C(C)N(c2ccccc2)C(SCc2ccc(C#N)cc2)=N[C@H]1c1ccccc1. The maximum atomic E-state index is 13.1. The molecule has 0 amide bonds. The third-order valence-corrected chi connectivity index (χ3v) is 6.53. The molecule has 4 rings (SSSR count). The lowest BCUT2D eigenvalue weighted by molar-refractivity contribution is -0.138. The van der Waals surface area contributed by atoms with Crippen molar-refractivity contribution >= 4 is 28.6 Å². The van der Waals surface area contributed by atoms with Gasteiger partial charge in [0.05, 0.1) is 23.8 Å². The first-order chi connectivity index (χ1) is 16.6. The standard InChI is InChI=1S/C28H25N3O2S/c1-3-33-27(32)25-20(2)31(24-12-8-5-9-13-24)28(30-26(25)23-10-6-4-7-11-23)34-19-22-16-14-21(18-29)15-17-22/h4-17,26H,3,19H2,1-2H3/t26-/m0/s1. The second-order valence-electron chi connectivity index (χ2n) is 7.71. The van der Waals surface area contributed by atoms with Crippen LogP contribution >= 0.6 is 11.8 Å². The first kappa shape index (κ1) is 23.3. The van der Waals surface area contributed by atoms with Crippen LogP contribution in [0.4, 0.5) is 5.69 Å². The van der Waals surface area contributed by atoms with Crippen molar-refractivity contribution in [2.75, 3.05) is 11.5 Å². The van der Waals surface area contributed by atoms with Gasteiger partial charge in [0.25, 0.3) is 0 Å². The van der Waals surface area contributed by atoms with E-state index in [9.17, 15) is 4.79 Å². The van der Waals surface area contributed by atoms with Gasteiger partial charge in [-0.1, -0.05) is 72.4 Å². The maximum absolute atomic E-state index is 13.1. The van der Waals surface area contributed by atoms with E-state index in [0.29, 0.717) is 23.5 Å². The van der Waals surface area contributed by atoms with Crippen LogP contribution in [0.1, 0.15) is 36.6 Å². The molecule has 5 nitrogen and oxygen atoms in total. The summed E-state index contributed by atoms with van der Waals surface area (Å²) in [6, 6.07) is 29.0. The second kappa shape index (κ2) is 10.9. The van der Waals surface area contributed by atoms with Crippen LogP contribution in [0, 0.1) is 11.3 Å². The van der Waals surface area contributed by atoms with Gasteiger partial charge >= 0.3 is 5.97 Å². The minimum Gasteiger partial charge on any atom is -0.463 e. The van der Waals surface area contributed by atoms with E-state index in [2.05, 4.69) is 6.07 Å². The Morgan fingerprint density at radius 2 is 1.68 bits per heavy atom. The quantitative estimate of drug-likeness (QED) is 0.401. The molecule has 0 aliphatic carbocycles. The molecule has 1 aliphatic heterocycles. The summed E-state index contributed by atoms with van der Waals surface area (Å²) < 4.78 is 5.45. The average molecular weight is 468 g/mol. The Bertz CT molecular complexity index is 1250. The summed E-state index contributed by atoms with van der Waals surface area (Å²) in [5, 5.41) is 9.87. The number of anilines is 1. The normalized spacial score (nSPS) is 15.5. The van der Waals surface area contributed by atoms with Gasteiger partial charge in [-0.15, -0.1) is 0 Å². The number of esters is 1. The zero-order valence-electron chi connectivity index (χ0n) is 19.1. The van der Waals surface area contributed by atoms with Crippen LogP contribution in [0.25, 0.3) is 0 Å². The van der Waals surface area contributed by atoms with E-state index in [0.717, 1.165) is 27.7 Å². The lowest BCUT2D eigenvalue weighted by Crippen LogP contribution is -2.35. The summed E-state index contributed by atoms with van der Waals surface area (Å²) in [5.74, 6) is 0.326. The molecule has 0 fully saturated rings. The van der Waals surface area contributed by atoms with E-state index in [4.69, 9.17) is 15.0 Å². The fourth-order valence-corrected chi connectivity index (χ4v) is 4.89. The second-order valence-corrected chi connectivity index (χ2v) is 8.66. The van der Waals surface area contributed by atoms with E-state index >= 15 is 0 Å². The largest absolute Gasteiger partial charge is 0.463 e. The minimum absolute atomic E-state index is 0.298. The first-order valence-corrected chi connectivity index (χ1v) is 12.1. The Morgan fingerprint density at radius 1 is 1.03 bits per heavy atom. The molecule has 1 aliphatic rings. The highest BCUT2D eigenvalue weighted by Gasteiger charge is 2.34. The van der Waals surface area contributed by atoms with Gasteiger partial charge in [-0.2, -0.15) is 5.26 Å². The number of para-hydroxylation sites is 1. The van der Waals surface area contributed by atoms with E-state index < -0.39 is 6.04 Å². The zero-order valence-corrected chi connectivity index (χ0v) is 20.0. The van der Waals surface area contributed by atoms with Crippen molar-refractivity contribution in [2.24, 2.45) is 4.99 Å². The van der Waals surface area contributed by atoms with E-state index in [1.165, 1.54) is 0 Å². The molecule has 3 aromatic rings. The summed E-state index contributed by atoms with van der Waals surface area (Å²) in [5.41, 5.74) is 4.94. The van der Waals surface area contributed by atoms with Crippen LogP contribution in [-0.4, -0.2) is 17.7 Å². The monoisotopic (exact) mass is 467 g/mol. The van der Waals surface area contributed by atoms with Gasteiger partial charge in [0.1, 0.15) is 6.04 Å². The highest BCUT2D eigenvalue weighted by atomic mass is 32.2. The Labute approximate surface area is 204 Å². The molecule has 170 valence electrons. The van der Waals surface area contributed by atoms with E-state index in [1.54, 1.807) is 11.8 Å². The van der Waals surface area contributed by atoms with Crippen LogP contribution < -0.4 is 4.90 Å². The van der Waals surface area contributed by atoms with Crippen molar-refractivity contribution in [1.29, 1.82) is 5.26 Å². The minimum atomic E-state index is -0.455. The van der Waals surface area contributed by atoms with Crippen LogP contribution in [0.15, 0.2) is 101 Å². The number of hydrogen-bond acceptors (Lipinski definition) is 6. The molecule has 0 unspecified atom stereocenters. The first-order valence-electron chi connectivity index (χ1n) is 11.1. The predicted octanol–water partition coefficient (Wildman–Crippen LogP) is 6.25. The third-order valence-electron chi connectivity index (χ3n) is 5.51. The molecule has 1 heterocycles. The molecule has 6 heteroatoms. The number of amidine groups is 1. The summed E-state index contributed by atoms with van der Waals surface area (Å²) in [7, 11) is 0. The Balaban J connectivity index is 1.77. The molecule has 0 bridgehead atoms. The number of rotatable bonds is 6. The van der Waals surface area contributed by atoms with Gasteiger partial charge in [0.2, 0.25) is 0 Å². The van der Waals surface area contributed by atoms with Crippen molar-refractivity contribution in [3.8, 4) is 6.07 Å². The van der Waals surface area contributed by atoms with Crippen molar-refractivity contribution in [1.82, 2.24) is 0 Å².